The van der Waals surface area contributed by atoms with Crippen LogP contribution in [0.15, 0.2) is 54.6 Å². The number of likely N-dealkylation sites (N-methyl/N-ethyl adjacent to an activating group) is 1. The first-order valence-corrected chi connectivity index (χ1v) is 10.5. The molecule has 0 saturated carbocycles. The van der Waals surface area contributed by atoms with Gasteiger partial charge in [-0.25, -0.2) is 4.79 Å². The van der Waals surface area contributed by atoms with E-state index in [0.717, 1.165) is 36.6 Å². The maximum Gasteiger partial charge on any atom is 0.321 e. The van der Waals surface area contributed by atoms with E-state index >= 15 is 0 Å². The molecule has 0 unspecified atom stereocenters. The van der Waals surface area contributed by atoms with E-state index in [4.69, 9.17) is 4.74 Å². The van der Waals surface area contributed by atoms with Crippen LogP contribution in [0.25, 0.3) is 0 Å². The zero-order chi connectivity index (χ0) is 18.9. The van der Waals surface area contributed by atoms with Crippen LogP contribution < -0.4 is 10.1 Å². The Morgan fingerprint density at radius 3 is 2.59 bits per heavy atom. The molecule has 2 aromatic rings. The van der Waals surface area contributed by atoms with Crippen molar-refractivity contribution in [3.8, 4) is 5.75 Å². The minimum Gasteiger partial charge on any atom is -0.492 e. The lowest BCUT2D eigenvalue weighted by Gasteiger charge is -2.27. The Morgan fingerprint density at radius 2 is 1.81 bits per heavy atom. The largest absolute Gasteiger partial charge is 0.492 e. The summed E-state index contributed by atoms with van der Waals surface area (Å²) in [5.41, 5.74) is 2.04. The van der Waals surface area contributed by atoms with E-state index in [1.54, 1.807) is 11.9 Å². The number of anilines is 1. The van der Waals surface area contributed by atoms with E-state index in [9.17, 15) is 4.79 Å². The van der Waals surface area contributed by atoms with Gasteiger partial charge in [0.1, 0.15) is 12.4 Å². The summed E-state index contributed by atoms with van der Waals surface area (Å²) in [5, 5.41) is 3.05. The lowest BCUT2D eigenvalue weighted by atomic mass is 10.1. The Kier molecular flexibility index (Phi) is 7.42. The predicted molar refractivity (Wildman–Crippen MR) is 113 cm³/mol. The van der Waals surface area contributed by atoms with E-state index < -0.39 is 0 Å². The number of ether oxygens (including phenoxy) is 1. The summed E-state index contributed by atoms with van der Waals surface area (Å²) in [5.74, 6) is 3.17. The molecule has 2 amide bonds. The zero-order valence-corrected chi connectivity index (χ0v) is 16.6. The molecule has 0 spiro atoms. The molecule has 1 aliphatic rings. The fourth-order valence-corrected chi connectivity index (χ4v) is 3.89. The highest BCUT2D eigenvalue weighted by Crippen LogP contribution is 2.20. The molecule has 1 saturated heterocycles. The predicted octanol–water partition coefficient (Wildman–Crippen LogP) is 3.78. The van der Waals surface area contributed by atoms with Crippen LogP contribution in [0, 0.1) is 0 Å². The Balaban J connectivity index is 1.50. The number of nitrogens with zero attached hydrogens (tertiary/aromatic N) is 2. The topological polar surface area (TPSA) is 44.8 Å². The molecule has 0 aliphatic carbocycles. The van der Waals surface area contributed by atoms with Crippen LogP contribution in [0.1, 0.15) is 5.56 Å². The molecule has 144 valence electrons. The Bertz CT molecular complexity index is 720. The van der Waals surface area contributed by atoms with Crippen molar-refractivity contribution >= 4 is 23.5 Å². The number of thioether (sulfide) groups is 1. The molecule has 1 heterocycles. The third kappa shape index (κ3) is 6.19. The average molecular weight is 386 g/mol. The molecular formula is C21H27N3O2S. The molecule has 6 heteroatoms. The quantitative estimate of drug-likeness (QED) is 0.788. The van der Waals surface area contributed by atoms with Crippen molar-refractivity contribution in [2.75, 3.05) is 50.1 Å². The summed E-state index contributed by atoms with van der Waals surface area (Å²) in [7, 11) is 1.79. The van der Waals surface area contributed by atoms with Gasteiger partial charge in [0.05, 0.1) is 6.54 Å². The second-order valence-corrected chi connectivity index (χ2v) is 7.78. The molecule has 1 fully saturated rings. The molecule has 1 N–H and O–H groups in total. The number of hydrogen-bond donors (Lipinski definition) is 1. The maximum atomic E-state index is 12.5. The molecule has 5 nitrogen and oxygen atoms in total. The van der Waals surface area contributed by atoms with Crippen molar-refractivity contribution in [3.63, 3.8) is 0 Å². The molecule has 0 atom stereocenters. The van der Waals surface area contributed by atoms with Gasteiger partial charge < -0.3 is 15.0 Å². The normalized spacial score (nSPS) is 14.6. The SMILES string of the molecule is CN(CCOc1ccccc1)C(=O)Nc1ccccc1CN1CCSCC1. The molecule has 27 heavy (non-hydrogen) atoms. The van der Waals surface area contributed by atoms with E-state index in [1.165, 1.54) is 11.5 Å². The molecule has 0 aromatic heterocycles. The van der Waals surface area contributed by atoms with E-state index in [0.29, 0.717) is 13.2 Å². The van der Waals surface area contributed by atoms with Gasteiger partial charge in [0.2, 0.25) is 0 Å². The monoisotopic (exact) mass is 385 g/mol. The first kappa shape index (κ1) is 19.6. The minimum atomic E-state index is -0.117. The van der Waals surface area contributed by atoms with Gasteiger partial charge in [0.25, 0.3) is 0 Å². The standard InChI is InChI=1S/C21H27N3O2S/c1-23(11-14-26-19-8-3-2-4-9-19)21(25)22-20-10-6-5-7-18(20)17-24-12-15-27-16-13-24/h2-10H,11-17H2,1H3,(H,22,25). The molecule has 3 rings (SSSR count). The summed E-state index contributed by atoms with van der Waals surface area (Å²) in [4.78, 5) is 16.6. The Labute approximate surface area is 165 Å². The highest BCUT2D eigenvalue weighted by molar-refractivity contribution is 7.99. The van der Waals surface area contributed by atoms with E-state index in [-0.39, 0.29) is 6.03 Å². The molecule has 0 bridgehead atoms. The van der Waals surface area contributed by atoms with E-state index in [2.05, 4.69) is 16.3 Å². The van der Waals surface area contributed by atoms with Crippen molar-refractivity contribution < 1.29 is 9.53 Å². The third-order valence-corrected chi connectivity index (χ3v) is 5.48. The van der Waals surface area contributed by atoms with Gasteiger partial charge in [0, 0.05) is 43.9 Å². The van der Waals surface area contributed by atoms with Gasteiger partial charge in [-0.1, -0.05) is 36.4 Å². The zero-order valence-electron chi connectivity index (χ0n) is 15.8. The summed E-state index contributed by atoms with van der Waals surface area (Å²) >= 11 is 2.00. The molecule has 1 aliphatic heterocycles. The first-order valence-electron chi connectivity index (χ1n) is 9.30. The van der Waals surface area contributed by atoms with Crippen LogP contribution in [0.5, 0.6) is 5.75 Å². The van der Waals surface area contributed by atoms with Crippen LogP contribution >= 0.6 is 11.8 Å². The van der Waals surface area contributed by atoms with Crippen molar-refractivity contribution in [1.29, 1.82) is 0 Å². The van der Waals surface area contributed by atoms with Gasteiger partial charge in [-0.05, 0) is 23.8 Å². The summed E-state index contributed by atoms with van der Waals surface area (Å²) in [6.45, 7) is 4.05. The number of carbonyl (C=O) groups is 1. The van der Waals surface area contributed by atoms with Crippen molar-refractivity contribution in [2.45, 2.75) is 6.54 Å². The Morgan fingerprint density at radius 1 is 1.11 bits per heavy atom. The lowest BCUT2D eigenvalue weighted by Crippen LogP contribution is -2.35. The second kappa shape index (κ2) is 10.2. The summed E-state index contributed by atoms with van der Waals surface area (Å²) in [6, 6.07) is 17.6. The second-order valence-electron chi connectivity index (χ2n) is 6.56. The van der Waals surface area contributed by atoms with Crippen LogP contribution in [0.2, 0.25) is 0 Å². The van der Waals surface area contributed by atoms with Gasteiger partial charge in [-0.15, -0.1) is 0 Å². The fourth-order valence-electron chi connectivity index (χ4n) is 2.91. The minimum absolute atomic E-state index is 0.117. The van der Waals surface area contributed by atoms with Crippen LogP contribution in [0.4, 0.5) is 10.5 Å². The van der Waals surface area contributed by atoms with Gasteiger partial charge in [0.15, 0.2) is 0 Å². The highest BCUT2D eigenvalue weighted by atomic mass is 32.2. The van der Waals surface area contributed by atoms with Gasteiger partial charge in [-0.3, -0.25) is 4.90 Å². The van der Waals surface area contributed by atoms with E-state index in [1.807, 2.05) is 60.3 Å². The van der Waals surface area contributed by atoms with Crippen LogP contribution in [0.3, 0.4) is 0 Å². The third-order valence-electron chi connectivity index (χ3n) is 4.54. The smallest absolute Gasteiger partial charge is 0.321 e. The highest BCUT2D eigenvalue weighted by Gasteiger charge is 2.15. The number of rotatable bonds is 7. The van der Waals surface area contributed by atoms with Crippen molar-refractivity contribution in [3.05, 3.63) is 60.2 Å². The first-order chi connectivity index (χ1) is 13.2. The molecular weight excluding hydrogens is 358 g/mol. The summed E-state index contributed by atoms with van der Waals surface area (Å²) in [6.07, 6.45) is 0. The number of hydrogen-bond acceptors (Lipinski definition) is 4. The molecule has 2 aromatic carbocycles. The van der Waals surface area contributed by atoms with Crippen LogP contribution in [-0.4, -0.2) is 60.6 Å². The van der Waals surface area contributed by atoms with Crippen LogP contribution in [-0.2, 0) is 6.54 Å². The number of para-hydroxylation sites is 2. The lowest BCUT2D eigenvalue weighted by molar-refractivity contribution is 0.207. The Hall–Kier alpha value is -2.18. The average Bonchev–Trinajstić information content (AvgIpc) is 2.71. The number of benzene rings is 2. The maximum absolute atomic E-state index is 12.5. The number of amides is 2. The van der Waals surface area contributed by atoms with Gasteiger partial charge in [-0.2, -0.15) is 11.8 Å². The number of carbonyl (C=O) groups excluding carboxylic acids is 1. The van der Waals surface area contributed by atoms with Gasteiger partial charge >= 0.3 is 6.03 Å². The number of urea groups is 1. The van der Waals surface area contributed by atoms with Crippen molar-refractivity contribution in [1.82, 2.24) is 9.80 Å². The number of nitrogens with one attached hydrogen (secondary N) is 1. The fraction of sp³-hybridized carbons (Fsp3) is 0.381. The van der Waals surface area contributed by atoms with Crippen molar-refractivity contribution in [2.24, 2.45) is 0 Å². The summed E-state index contributed by atoms with van der Waals surface area (Å²) < 4.78 is 5.67. The molecule has 0 radical (unpaired) electrons.